The molecule has 0 spiro atoms. The van der Waals surface area contributed by atoms with Crippen molar-refractivity contribution in [2.75, 3.05) is 0 Å². The third-order valence-electron chi connectivity index (χ3n) is 12.7. The van der Waals surface area contributed by atoms with Gasteiger partial charge >= 0.3 is 88.8 Å². The number of hydrogen-bond donors (Lipinski definition) is 0. The predicted molar refractivity (Wildman–Crippen MR) is 302 cm³/mol. The van der Waals surface area contributed by atoms with Gasteiger partial charge in [0.1, 0.15) is 0 Å². The van der Waals surface area contributed by atoms with Crippen molar-refractivity contribution in [3.63, 3.8) is 0 Å². The van der Waals surface area contributed by atoms with E-state index in [9.17, 15) is 29.7 Å². The molecular weight excluding hydrogens is 949 g/mol. The first-order valence-electron chi connectivity index (χ1n) is 31.3. The maximum absolute atomic E-state index is 10.2. The molecule has 0 aromatic heterocycles. The van der Waals surface area contributed by atoms with Crippen molar-refractivity contribution in [3.8, 4) is 0 Å². The van der Waals surface area contributed by atoms with Crippen LogP contribution in [-0.4, -0.2) is 36.2 Å². The quantitative estimate of drug-likeness (QED) is 0.0429. The Balaban J connectivity index is -0.000000440. The molecule has 0 atom stereocenters. The van der Waals surface area contributed by atoms with Crippen LogP contribution in [0.15, 0.2) is 0 Å². The first-order chi connectivity index (χ1) is 34.8. The summed E-state index contributed by atoms with van der Waals surface area (Å²) in [6.07, 6.45) is 51.5. The van der Waals surface area contributed by atoms with E-state index in [1.54, 1.807) is 0 Å². The SMILES string of the molecule is CC(C)CCCCCCCCCCCCCCC(=O)[O-].CC(C)CCCCCCCCCCCCCCC(=O)[O-].CC(C)CCCCCCCCCCCCCCC(=O)[O-].CC(C)[O][Ti+3]([O]C(C)C)[O]C(C)C. The molecule has 0 aromatic carbocycles. The third kappa shape index (κ3) is 87.9. The van der Waals surface area contributed by atoms with Crippen molar-refractivity contribution in [2.24, 2.45) is 17.8 Å². The molecule has 0 amide bonds. The molecule has 10 heteroatoms. The molecule has 0 aromatic rings. The molecule has 436 valence electrons. The van der Waals surface area contributed by atoms with Crippen LogP contribution in [0.1, 0.15) is 353 Å². The summed E-state index contributed by atoms with van der Waals surface area (Å²) in [7, 11) is 0. The molecule has 9 nitrogen and oxygen atoms in total. The summed E-state index contributed by atoms with van der Waals surface area (Å²) in [5, 5.41) is 30.7. The first kappa shape index (κ1) is 78.5. The van der Waals surface area contributed by atoms with E-state index in [1.165, 1.54) is 212 Å². The van der Waals surface area contributed by atoms with Crippen LogP contribution in [0.3, 0.4) is 0 Å². The monoisotopic (exact) mass is 1070 g/mol. The van der Waals surface area contributed by atoms with Gasteiger partial charge in [-0.3, -0.25) is 0 Å². The van der Waals surface area contributed by atoms with E-state index in [0.717, 1.165) is 56.3 Å². The van der Waals surface area contributed by atoms with Gasteiger partial charge in [0.05, 0.1) is 0 Å². The Hall–Kier alpha value is -0.996. The summed E-state index contributed by atoms with van der Waals surface area (Å²) >= 11 is -2.18. The van der Waals surface area contributed by atoms with Gasteiger partial charge in [-0.15, -0.1) is 0 Å². The van der Waals surface area contributed by atoms with Gasteiger partial charge in [-0.05, 0) is 56.3 Å². The van der Waals surface area contributed by atoms with E-state index in [0.29, 0.717) is 0 Å². The van der Waals surface area contributed by atoms with Crippen molar-refractivity contribution in [2.45, 2.75) is 371 Å². The van der Waals surface area contributed by atoms with Crippen molar-refractivity contribution < 1.29 is 58.7 Å². The minimum absolute atomic E-state index is 0.187. The molecule has 0 saturated carbocycles. The van der Waals surface area contributed by atoms with Gasteiger partial charge in [-0.25, -0.2) is 0 Å². The van der Waals surface area contributed by atoms with E-state index >= 15 is 0 Å². The average molecular weight is 1080 g/mol. The van der Waals surface area contributed by atoms with Gasteiger partial charge in [-0.1, -0.05) is 273 Å². The molecule has 0 fully saturated rings. The predicted octanol–water partition coefficient (Wildman–Crippen LogP) is 17.2. The minimum atomic E-state index is -2.18. The van der Waals surface area contributed by atoms with Crippen molar-refractivity contribution in [1.82, 2.24) is 0 Å². The third-order valence-corrected chi connectivity index (χ3v) is 15.8. The van der Waals surface area contributed by atoms with Crippen LogP contribution in [0.25, 0.3) is 0 Å². The normalized spacial score (nSPS) is 11.1. The molecular formula is C63H126O9Ti. The Bertz CT molecular complexity index is 964. The summed E-state index contributed by atoms with van der Waals surface area (Å²) in [4.78, 5) is 30.7. The molecule has 0 unspecified atom stereocenters. The average Bonchev–Trinajstić information content (AvgIpc) is 3.28. The fourth-order valence-corrected chi connectivity index (χ4v) is 10.5. The fourth-order valence-electron chi connectivity index (χ4n) is 8.43. The Labute approximate surface area is 463 Å². The number of carbonyl (C=O) groups excluding carboxylic acids is 3. The van der Waals surface area contributed by atoms with Crippen LogP contribution in [-0.2, 0) is 43.4 Å². The van der Waals surface area contributed by atoms with Crippen LogP contribution in [0, 0.1) is 17.8 Å². The van der Waals surface area contributed by atoms with Gasteiger partial charge in [0.2, 0.25) is 0 Å². The molecule has 0 heterocycles. The number of carbonyl (C=O) groups is 3. The summed E-state index contributed by atoms with van der Waals surface area (Å²) < 4.78 is 16.8. The summed E-state index contributed by atoms with van der Waals surface area (Å²) in [6.45, 7) is 25.8. The summed E-state index contributed by atoms with van der Waals surface area (Å²) in [6, 6.07) is 0. The first-order valence-corrected chi connectivity index (χ1v) is 33.2. The van der Waals surface area contributed by atoms with Crippen LogP contribution in [0.2, 0.25) is 0 Å². The molecule has 73 heavy (non-hydrogen) atoms. The Morgan fingerprint density at radius 2 is 0.397 bits per heavy atom. The van der Waals surface area contributed by atoms with Gasteiger partial charge in [0.25, 0.3) is 0 Å². The number of unbranched alkanes of at least 4 members (excludes halogenated alkanes) is 33. The van der Waals surface area contributed by atoms with Gasteiger partial charge in [0, 0.05) is 17.9 Å². The van der Waals surface area contributed by atoms with E-state index < -0.39 is 36.9 Å². The zero-order valence-corrected chi connectivity index (χ0v) is 52.4. The molecule has 0 saturated heterocycles. The topological polar surface area (TPSA) is 148 Å². The molecule has 0 bridgehead atoms. The molecule has 0 aliphatic rings. The van der Waals surface area contributed by atoms with E-state index in [4.69, 9.17) is 9.96 Å². The zero-order valence-electron chi connectivity index (χ0n) is 50.8. The Morgan fingerprint density at radius 3 is 0.521 bits per heavy atom. The number of hydrogen-bond acceptors (Lipinski definition) is 9. The summed E-state index contributed by atoms with van der Waals surface area (Å²) in [5.41, 5.74) is 0. The number of carboxylic acid groups (broad SMARTS) is 3. The molecule has 0 rings (SSSR count). The number of rotatable bonds is 51. The van der Waals surface area contributed by atoms with Crippen LogP contribution < -0.4 is 15.3 Å². The zero-order chi connectivity index (χ0) is 55.6. The van der Waals surface area contributed by atoms with Crippen molar-refractivity contribution in [1.29, 1.82) is 0 Å². The van der Waals surface area contributed by atoms with Gasteiger partial charge in [-0.2, -0.15) is 0 Å². The molecule has 0 aliphatic carbocycles. The maximum atomic E-state index is 10.2. The van der Waals surface area contributed by atoms with E-state index in [-0.39, 0.29) is 37.6 Å². The second kappa shape index (κ2) is 63.5. The summed E-state index contributed by atoms with van der Waals surface area (Å²) in [5.74, 6) is -0.125. The van der Waals surface area contributed by atoms with Crippen molar-refractivity contribution >= 4 is 17.9 Å². The Kier molecular flexibility index (Phi) is 68.3. The molecule has 0 aliphatic heterocycles. The molecule has 0 radical (unpaired) electrons. The fraction of sp³-hybridized carbons (Fsp3) is 0.952. The standard InChI is InChI=1S/3C18H36O2.3C3H7O.Ti/c3*1-17(2)15-13-11-9-7-5-3-4-6-8-10-12-14-16-18(19)20;3*1-3(2)4;/h3*17H,3-16H2,1-2H3,(H,19,20);3*3H,1-2H3;/q;;;3*-1;+6/p-3. The van der Waals surface area contributed by atoms with Crippen LogP contribution in [0.5, 0.6) is 0 Å². The Morgan fingerprint density at radius 1 is 0.260 bits per heavy atom. The number of aliphatic carboxylic acids is 3. The molecule has 0 N–H and O–H groups in total. The van der Waals surface area contributed by atoms with E-state index in [1.807, 2.05) is 41.5 Å². The second-order valence-electron chi connectivity index (χ2n) is 23.4. The van der Waals surface area contributed by atoms with Gasteiger partial charge < -0.3 is 29.7 Å². The second-order valence-corrected chi connectivity index (χ2v) is 25.3. The number of carboxylic acids is 3. The van der Waals surface area contributed by atoms with E-state index in [2.05, 4.69) is 41.5 Å². The van der Waals surface area contributed by atoms with Crippen molar-refractivity contribution in [3.05, 3.63) is 0 Å². The van der Waals surface area contributed by atoms with Crippen LogP contribution in [0.4, 0.5) is 0 Å². The van der Waals surface area contributed by atoms with Gasteiger partial charge in [0.15, 0.2) is 0 Å². The van der Waals surface area contributed by atoms with Crippen LogP contribution >= 0.6 is 0 Å².